The third-order valence-corrected chi connectivity index (χ3v) is 5.51. The van der Waals surface area contributed by atoms with Crippen LogP contribution in [0.25, 0.3) is 0 Å². The van der Waals surface area contributed by atoms with Crippen molar-refractivity contribution in [1.82, 2.24) is 5.32 Å². The molecular formula is C25H22F3NO3. The maximum Gasteiger partial charge on any atom is 0.416 e. The summed E-state index contributed by atoms with van der Waals surface area (Å²) >= 11 is 0. The number of carboxylic acid groups (broad SMARTS) is 1. The minimum atomic E-state index is -4.63. The van der Waals surface area contributed by atoms with E-state index in [2.05, 4.69) is 5.32 Å². The first-order valence-electron chi connectivity index (χ1n) is 9.94. The number of hydrogen-bond acceptors (Lipinski definition) is 2. The number of nitrogens with one attached hydrogen (secondary N) is 1. The van der Waals surface area contributed by atoms with E-state index < -0.39 is 41.5 Å². The van der Waals surface area contributed by atoms with Gasteiger partial charge in [0.2, 0.25) is 5.91 Å². The highest BCUT2D eigenvalue weighted by molar-refractivity contribution is 5.94. The Kier molecular flexibility index (Phi) is 6.67. The molecule has 0 saturated heterocycles. The van der Waals surface area contributed by atoms with Gasteiger partial charge >= 0.3 is 12.1 Å². The van der Waals surface area contributed by atoms with Crippen LogP contribution >= 0.6 is 0 Å². The fourth-order valence-corrected chi connectivity index (χ4v) is 3.67. The standard InChI is InChI=1S/C25H22F3NO3/c1-24(18-11-4-2-5-12-18,19-13-6-3-7-14-19)23(32)29-21(22(30)31)16-17-10-8-9-15-20(17)25(26,27)28/h2-15,21H,16H2,1H3,(H,29,32)(H,30,31)/t21-/m1/s1. The van der Waals surface area contributed by atoms with E-state index in [1.54, 1.807) is 67.6 Å². The zero-order valence-corrected chi connectivity index (χ0v) is 17.3. The first-order valence-corrected chi connectivity index (χ1v) is 9.94. The first kappa shape index (κ1) is 23.1. The SMILES string of the molecule is CC(C(=O)N[C@H](Cc1ccccc1C(F)(F)F)C(=O)O)(c1ccccc1)c1ccccc1. The fraction of sp³-hybridized carbons (Fsp3) is 0.200. The minimum absolute atomic E-state index is 0.200. The molecule has 0 bridgehead atoms. The summed E-state index contributed by atoms with van der Waals surface area (Å²) in [7, 11) is 0. The second kappa shape index (κ2) is 9.26. The molecule has 0 aliphatic rings. The summed E-state index contributed by atoms with van der Waals surface area (Å²) in [6, 6.07) is 20.9. The van der Waals surface area contributed by atoms with Crippen LogP contribution < -0.4 is 5.32 Å². The smallest absolute Gasteiger partial charge is 0.416 e. The summed E-state index contributed by atoms with van der Waals surface area (Å²) in [5, 5.41) is 12.2. The molecule has 32 heavy (non-hydrogen) atoms. The van der Waals surface area contributed by atoms with Gasteiger partial charge in [0.1, 0.15) is 6.04 Å². The van der Waals surface area contributed by atoms with Crippen molar-refractivity contribution in [2.45, 2.75) is 31.0 Å². The highest BCUT2D eigenvalue weighted by atomic mass is 19.4. The van der Waals surface area contributed by atoms with Gasteiger partial charge in [-0.3, -0.25) is 4.79 Å². The predicted molar refractivity (Wildman–Crippen MR) is 114 cm³/mol. The zero-order valence-electron chi connectivity index (χ0n) is 17.3. The molecule has 2 N–H and O–H groups in total. The average molecular weight is 441 g/mol. The zero-order chi connectivity index (χ0) is 23.4. The number of aliphatic carboxylic acids is 1. The molecule has 166 valence electrons. The second-order valence-corrected chi connectivity index (χ2v) is 7.58. The van der Waals surface area contributed by atoms with Crippen molar-refractivity contribution in [1.29, 1.82) is 0 Å². The van der Waals surface area contributed by atoms with Gasteiger partial charge in [-0.05, 0) is 29.7 Å². The molecule has 0 fully saturated rings. The maximum absolute atomic E-state index is 13.5. The van der Waals surface area contributed by atoms with Gasteiger partial charge in [0.15, 0.2) is 0 Å². The van der Waals surface area contributed by atoms with Crippen LogP contribution in [0, 0.1) is 0 Å². The fourth-order valence-electron chi connectivity index (χ4n) is 3.67. The van der Waals surface area contributed by atoms with Crippen molar-refractivity contribution < 1.29 is 27.9 Å². The van der Waals surface area contributed by atoms with Gasteiger partial charge in [-0.2, -0.15) is 13.2 Å². The van der Waals surface area contributed by atoms with Crippen LogP contribution in [0.15, 0.2) is 84.9 Å². The summed E-state index contributed by atoms with van der Waals surface area (Å²) in [6.45, 7) is 1.66. The molecule has 0 aliphatic heterocycles. The Morgan fingerprint density at radius 3 is 1.78 bits per heavy atom. The number of benzene rings is 3. The molecule has 0 spiro atoms. The Hall–Kier alpha value is -3.61. The topological polar surface area (TPSA) is 66.4 Å². The second-order valence-electron chi connectivity index (χ2n) is 7.58. The van der Waals surface area contributed by atoms with Crippen molar-refractivity contribution >= 4 is 11.9 Å². The van der Waals surface area contributed by atoms with Crippen molar-refractivity contribution in [2.24, 2.45) is 0 Å². The van der Waals surface area contributed by atoms with Crippen molar-refractivity contribution in [2.75, 3.05) is 0 Å². The van der Waals surface area contributed by atoms with Crippen LogP contribution in [0.4, 0.5) is 13.2 Å². The molecule has 0 aromatic heterocycles. The van der Waals surface area contributed by atoms with Gasteiger partial charge < -0.3 is 10.4 Å². The molecule has 1 atom stereocenters. The van der Waals surface area contributed by atoms with Gasteiger partial charge in [0, 0.05) is 6.42 Å². The number of alkyl halides is 3. The molecule has 3 aromatic rings. The van der Waals surface area contributed by atoms with E-state index in [0.29, 0.717) is 11.1 Å². The largest absolute Gasteiger partial charge is 0.480 e. The molecule has 0 saturated carbocycles. The molecule has 0 radical (unpaired) electrons. The van der Waals surface area contributed by atoms with Crippen LogP contribution in [-0.2, 0) is 27.6 Å². The Morgan fingerprint density at radius 1 is 0.844 bits per heavy atom. The highest BCUT2D eigenvalue weighted by Gasteiger charge is 2.40. The summed E-state index contributed by atoms with van der Waals surface area (Å²) < 4.78 is 40.1. The van der Waals surface area contributed by atoms with Crippen LogP contribution in [0.1, 0.15) is 29.2 Å². The van der Waals surface area contributed by atoms with E-state index in [1.165, 1.54) is 18.2 Å². The molecular weight excluding hydrogens is 419 g/mol. The van der Waals surface area contributed by atoms with Gasteiger partial charge in [-0.15, -0.1) is 0 Å². The lowest BCUT2D eigenvalue weighted by molar-refractivity contribution is -0.143. The predicted octanol–water partition coefficient (Wildman–Crippen LogP) is 4.82. The summed E-state index contributed by atoms with van der Waals surface area (Å²) in [5.74, 6) is -2.04. The van der Waals surface area contributed by atoms with E-state index >= 15 is 0 Å². The van der Waals surface area contributed by atoms with Crippen molar-refractivity contribution in [3.05, 3.63) is 107 Å². The molecule has 0 unspecified atom stereocenters. The number of halogens is 3. The van der Waals surface area contributed by atoms with E-state index in [0.717, 1.165) is 6.07 Å². The number of carbonyl (C=O) groups is 2. The van der Waals surface area contributed by atoms with Gasteiger partial charge in [0.25, 0.3) is 0 Å². The van der Waals surface area contributed by atoms with Crippen LogP contribution in [0.2, 0.25) is 0 Å². The number of hydrogen-bond donors (Lipinski definition) is 2. The van der Waals surface area contributed by atoms with Gasteiger partial charge in [-0.1, -0.05) is 78.9 Å². The number of carboxylic acids is 1. The Morgan fingerprint density at radius 2 is 1.31 bits per heavy atom. The lowest BCUT2D eigenvalue weighted by Crippen LogP contribution is -2.51. The van der Waals surface area contributed by atoms with E-state index in [9.17, 15) is 27.9 Å². The quantitative estimate of drug-likeness (QED) is 0.552. The van der Waals surface area contributed by atoms with Gasteiger partial charge in [-0.25, -0.2) is 4.79 Å². The summed E-state index contributed by atoms with van der Waals surface area (Å²) in [4.78, 5) is 25.4. The van der Waals surface area contributed by atoms with E-state index in [4.69, 9.17) is 0 Å². The summed E-state index contributed by atoms with van der Waals surface area (Å²) in [5.41, 5.74) is -1.12. The lowest BCUT2D eigenvalue weighted by Gasteiger charge is -2.31. The summed E-state index contributed by atoms with van der Waals surface area (Å²) in [6.07, 6.45) is -5.14. The Bertz CT molecular complexity index is 1040. The normalized spacial score (nSPS) is 12.8. The Balaban J connectivity index is 1.97. The van der Waals surface area contributed by atoms with Gasteiger partial charge in [0.05, 0.1) is 11.0 Å². The third-order valence-electron chi connectivity index (χ3n) is 5.51. The molecule has 1 amide bonds. The molecule has 7 heteroatoms. The maximum atomic E-state index is 13.5. The van der Waals surface area contributed by atoms with Crippen molar-refractivity contribution in [3.63, 3.8) is 0 Å². The molecule has 3 rings (SSSR count). The minimum Gasteiger partial charge on any atom is -0.480 e. The first-order chi connectivity index (χ1) is 15.1. The monoisotopic (exact) mass is 441 g/mol. The number of rotatable bonds is 7. The van der Waals surface area contributed by atoms with Crippen LogP contribution in [0.5, 0.6) is 0 Å². The number of carbonyl (C=O) groups excluding carboxylic acids is 1. The molecule has 3 aromatic carbocycles. The highest BCUT2D eigenvalue weighted by Crippen LogP contribution is 2.34. The van der Waals surface area contributed by atoms with E-state index in [1.807, 2.05) is 0 Å². The number of amides is 1. The molecule has 4 nitrogen and oxygen atoms in total. The molecule has 0 aliphatic carbocycles. The average Bonchev–Trinajstić information content (AvgIpc) is 2.78. The molecule has 0 heterocycles. The Labute approximate surface area is 183 Å². The van der Waals surface area contributed by atoms with E-state index in [-0.39, 0.29) is 5.56 Å². The third kappa shape index (κ3) is 4.82. The lowest BCUT2D eigenvalue weighted by atomic mass is 9.75. The van der Waals surface area contributed by atoms with Crippen LogP contribution in [0.3, 0.4) is 0 Å². The van der Waals surface area contributed by atoms with Crippen LogP contribution in [-0.4, -0.2) is 23.0 Å². The van der Waals surface area contributed by atoms with Crippen molar-refractivity contribution in [3.8, 4) is 0 Å².